The molecule has 3 aromatic rings. The molecule has 0 radical (unpaired) electrons. The van der Waals surface area contributed by atoms with E-state index in [2.05, 4.69) is 15.5 Å². The minimum atomic E-state index is -0.120. The zero-order valence-corrected chi connectivity index (χ0v) is 17.5. The van der Waals surface area contributed by atoms with Gasteiger partial charge in [0.1, 0.15) is 5.01 Å². The molecule has 1 saturated heterocycles. The van der Waals surface area contributed by atoms with Crippen LogP contribution in [0.5, 0.6) is 0 Å². The van der Waals surface area contributed by atoms with Crippen LogP contribution >= 0.6 is 23.1 Å². The van der Waals surface area contributed by atoms with Crippen molar-refractivity contribution >= 4 is 45.7 Å². The van der Waals surface area contributed by atoms with Gasteiger partial charge in [0, 0.05) is 29.5 Å². The van der Waals surface area contributed by atoms with E-state index in [0.29, 0.717) is 23.8 Å². The van der Waals surface area contributed by atoms with E-state index in [1.165, 1.54) is 23.1 Å². The van der Waals surface area contributed by atoms with Crippen molar-refractivity contribution in [3.8, 4) is 0 Å². The van der Waals surface area contributed by atoms with E-state index in [-0.39, 0.29) is 17.7 Å². The predicted molar refractivity (Wildman–Crippen MR) is 117 cm³/mol. The van der Waals surface area contributed by atoms with Crippen LogP contribution < -0.4 is 10.2 Å². The molecule has 1 fully saturated rings. The number of nitrogens with one attached hydrogen (secondary N) is 1. The summed E-state index contributed by atoms with van der Waals surface area (Å²) in [4.78, 5) is 27.5. The molecular formula is C21H20N4O2S2. The molecule has 8 heteroatoms. The van der Waals surface area contributed by atoms with Crippen LogP contribution in [0.2, 0.25) is 0 Å². The standard InChI is InChI=1S/C21H20N4O2S2/c1-14-7-9-16(10-8-14)25-12-15(11-19(25)27)20-23-24-21(29-20)22-18(26)13-28-17-5-3-2-4-6-17/h2-10,15H,11-13H2,1H3,(H,22,24,26)/t15-/m1/s1. The summed E-state index contributed by atoms with van der Waals surface area (Å²) in [6.07, 6.45) is 0.403. The van der Waals surface area contributed by atoms with Crippen molar-refractivity contribution in [2.24, 2.45) is 0 Å². The van der Waals surface area contributed by atoms with Gasteiger partial charge in [-0.15, -0.1) is 22.0 Å². The van der Waals surface area contributed by atoms with Crippen LogP contribution in [0.3, 0.4) is 0 Å². The Balaban J connectivity index is 1.34. The van der Waals surface area contributed by atoms with Crippen molar-refractivity contribution in [2.45, 2.75) is 24.2 Å². The third-order valence-corrected chi connectivity index (χ3v) is 6.63. The molecule has 1 N–H and O–H groups in total. The zero-order chi connectivity index (χ0) is 20.2. The number of nitrogens with zero attached hydrogens (tertiary/aromatic N) is 3. The Kier molecular flexibility index (Phi) is 5.92. The van der Waals surface area contributed by atoms with E-state index in [1.807, 2.05) is 61.5 Å². The number of aryl methyl sites for hydroxylation is 1. The normalized spacial score (nSPS) is 16.2. The number of hydrogen-bond acceptors (Lipinski definition) is 6. The van der Waals surface area contributed by atoms with Gasteiger partial charge in [-0.05, 0) is 31.2 Å². The molecule has 2 aromatic carbocycles. The average Bonchev–Trinajstić information content (AvgIpc) is 3.34. The summed E-state index contributed by atoms with van der Waals surface area (Å²) < 4.78 is 0. The number of carbonyl (C=O) groups excluding carboxylic acids is 2. The van der Waals surface area contributed by atoms with Crippen LogP contribution in [0, 0.1) is 6.92 Å². The smallest absolute Gasteiger partial charge is 0.236 e. The molecule has 0 unspecified atom stereocenters. The summed E-state index contributed by atoms with van der Waals surface area (Å²) in [5, 5.41) is 12.4. The first kappa shape index (κ1) is 19.6. The number of rotatable bonds is 6. The van der Waals surface area contributed by atoms with Gasteiger partial charge in [0.25, 0.3) is 0 Å². The van der Waals surface area contributed by atoms with E-state index in [9.17, 15) is 9.59 Å². The summed E-state index contributed by atoms with van der Waals surface area (Å²) in [6, 6.07) is 17.7. The fourth-order valence-electron chi connectivity index (χ4n) is 3.12. The van der Waals surface area contributed by atoms with Crippen molar-refractivity contribution in [1.82, 2.24) is 10.2 Å². The quantitative estimate of drug-likeness (QED) is 0.603. The van der Waals surface area contributed by atoms with Crippen LogP contribution in [0.1, 0.15) is 22.9 Å². The summed E-state index contributed by atoms with van der Waals surface area (Å²) in [5.74, 6) is 0.261. The Morgan fingerprint density at radius 2 is 1.93 bits per heavy atom. The topological polar surface area (TPSA) is 75.2 Å². The maximum absolute atomic E-state index is 12.5. The van der Waals surface area contributed by atoms with Gasteiger partial charge in [0.2, 0.25) is 16.9 Å². The van der Waals surface area contributed by atoms with Crippen molar-refractivity contribution in [2.75, 3.05) is 22.5 Å². The van der Waals surface area contributed by atoms with Gasteiger partial charge >= 0.3 is 0 Å². The van der Waals surface area contributed by atoms with E-state index in [0.717, 1.165) is 21.2 Å². The molecule has 2 heterocycles. The monoisotopic (exact) mass is 424 g/mol. The molecule has 0 saturated carbocycles. The number of benzene rings is 2. The number of aromatic nitrogens is 2. The lowest BCUT2D eigenvalue weighted by molar-refractivity contribution is -0.117. The molecule has 0 bridgehead atoms. The van der Waals surface area contributed by atoms with Gasteiger partial charge < -0.3 is 4.90 Å². The molecular weight excluding hydrogens is 404 g/mol. The number of hydrogen-bond donors (Lipinski definition) is 1. The molecule has 148 valence electrons. The molecule has 2 amide bonds. The van der Waals surface area contributed by atoms with Crippen LogP contribution in [0.4, 0.5) is 10.8 Å². The number of thioether (sulfide) groups is 1. The Labute approximate surface area is 177 Å². The molecule has 29 heavy (non-hydrogen) atoms. The maximum atomic E-state index is 12.5. The second kappa shape index (κ2) is 8.75. The third-order valence-electron chi connectivity index (χ3n) is 4.62. The first-order valence-electron chi connectivity index (χ1n) is 9.26. The van der Waals surface area contributed by atoms with Gasteiger partial charge in [-0.25, -0.2) is 0 Å². The second-order valence-corrected chi connectivity index (χ2v) is 8.89. The van der Waals surface area contributed by atoms with E-state index >= 15 is 0 Å². The van der Waals surface area contributed by atoms with Crippen LogP contribution in [0.15, 0.2) is 59.5 Å². The summed E-state index contributed by atoms with van der Waals surface area (Å²) >= 11 is 2.81. The fraction of sp³-hybridized carbons (Fsp3) is 0.238. The summed E-state index contributed by atoms with van der Waals surface area (Å²) in [6.45, 7) is 2.60. The Hall–Kier alpha value is -2.71. The maximum Gasteiger partial charge on any atom is 0.236 e. The highest BCUT2D eigenvalue weighted by atomic mass is 32.2. The van der Waals surface area contributed by atoms with Gasteiger partial charge in [-0.2, -0.15) is 0 Å². The van der Waals surface area contributed by atoms with Gasteiger partial charge in [0.05, 0.1) is 5.75 Å². The van der Waals surface area contributed by atoms with Crippen LogP contribution in [-0.2, 0) is 9.59 Å². The fourth-order valence-corrected chi connectivity index (χ4v) is 4.69. The largest absolute Gasteiger partial charge is 0.312 e. The number of carbonyl (C=O) groups is 2. The van der Waals surface area contributed by atoms with E-state index < -0.39 is 0 Å². The minimum Gasteiger partial charge on any atom is -0.312 e. The Morgan fingerprint density at radius 1 is 1.17 bits per heavy atom. The predicted octanol–water partition coefficient (Wildman–Crippen LogP) is 4.10. The van der Waals surface area contributed by atoms with E-state index in [1.54, 1.807) is 4.90 Å². The lowest BCUT2D eigenvalue weighted by Gasteiger charge is -2.16. The van der Waals surface area contributed by atoms with Crippen LogP contribution in [-0.4, -0.2) is 34.3 Å². The van der Waals surface area contributed by atoms with Crippen molar-refractivity contribution in [3.05, 3.63) is 65.2 Å². The SMILES string of the molecule is Cc1ccc(N2C[C@H](c3nnc(NC(=O)CSc4ccccc4)s3)CC2=O)cc1. The highest BCUT2D eigenvalue weighted by molar-refractivity contribution is 8.00. The molecule has 1 atom stereocenters. The molecule has 4 rings (SSSR count). The van der Waals surface area contributed by atoms with E-state index in [4.69, 9.17) is 0 Å². The minimum absolute atomic E-state index is 0.00866. The van der Waals surface area contributed by atoms with Crippen molar-refractivity contribution < 1.29 is 9.59 Å². The second-order valence-electron chi connectivity index (χ2n) is 6.84. The number of amides is 2. The van der Waals surface area contributed by atoms with Crippen molar-refractivity contribution in [1.29, 1.82) is 0 Å². The van der Waals surface area contributed by atoms with Gasteiger partial charge in [-0.3, -0.25) is 14.9 Å². The summed E-state index contributed by atoms with van der Waals surface area (Å²) in [7, 11) is 0. The number of anilines is 2. The van der Waals surface area contributed by atoms with Crippen molar-refractivity contribution in [3.63, 3.8) is 0 Å². The Morgan fingerprint density at radius 3 is 2.69 bits per heavy atom. The molecule has 0 aliphatic carbocycles. The lowest BCUT2D eigenvalue weighted by Crippen LogP contribution is -2.24. The molecule has 1 aliphatic heterocycles. The molecule has 1 aromatic heterocycles. The van der Waals surface area contributed by atoms with Gasteiger partial charge in [0.15, 0.2) is 0 Å². The third kappa shape index (κ3) is 4.83. The summed E-state index contributed by atoms with van der Waals surface area (Å²) in [5.41, 5.74) is 2.06. The highest BCUT2D eigenvalue weighted by Gasteiger charge is 2.33. The van der Waals surface area contributed by atoms with Crippen LogP contribution in [0.25, 0.3) is 0 Å². The molecule has 6 nitrogen and oxygen atoms in total. The highest BCUT2D eigenvalue weighted by Crippen LogP contribution is 2.34. The molecule has 0 spiro atoms. The molecule has 1 aliphatic rings. The first-order valence-corrected chi connectivity index (χ1v) is 11.1. The lowest BCUT2D eigenvalue weighted by atomic mass is 10.1. The average molecular weight is 425 g/mol. The first-order chi connectivity index (χ1) is 14.1. The zero-order valence-electron chi connectivity index (χ0n) is 15.9. The Bertz CT molecular complexity index is 1010. The van der Waals surface area contributed by atoms with Gasteiger partial charge in [-0.1, -0.05) is 47.2 Å².